The number of ether oxygens (including phenoxy) is 1. The third-order valence-electron chi connectivity index (χ3n) is 7.91. The summed E-state index contributed by atoms with van der Waals surface area (Å²) in [5.74, 6) is -0.406. The highest BCUT2D eigenvalue weighted by atomic mass is 16.5. The minimum Gasteiger partial charge on any atom is -0.434 e. The van der Waals surface area contributed by atoms with Crippen molar-refractivity contribution in [1.82, 2.24) is 20.5 Å². The predicted octanol–water partition coefficient (Wildman–Crippen LogP) is 4.51. The maximum absolute atomic E-state index is 13.8. The third-order valence-corrected chi connectivity index (χ3v) is 7.91. The van der Waals surface area contributed by atoms with Gasteiger partial charge in [-0.25, -0.2) is 9.78 Å². The van der Waals surface area contributed by atoms with Gasteiger partial charge in [0.15, 0.2) is 5.58 Å². The summed E-state index contributed by atoms with van der Waals surface area (Å²) in [6, 6.07) is 15.2. The fourth-order valence-electron chi connectivity index (χ4n) is 5.62. The zero-order chi connectivity index (χ0) is 27.7. The van der Waals surface area contributed by atoms with Crippen molar-refractivity contribution in [1.29, 1.82) is 0 Å². The molecule has 1 aliphatic heterocycles. The van der Waals surface area contributed by atoms with Crippen molar-refractivity contribution in [3.05, 3.63) is 66.1 Å². The monoisotopic (exact) mass is 546 g/mol. The van der Waals surface area contributed by atoms with Crippen molar-refractivity contribution < 1.29 is 23.5 Å². The fourth-order valence-corrected chi connectivity index (χ4v) is 5.62. The van der Waals surface area contributed by atoms with Crippen LogP contribution < -0.4 is 10.6 Å². The molecule has 0 radical (unpaired) electrons. The molecule has 40 heavy (non-hydrogen) atoms. The Morgan fingerprint density at radius 3 is 2.38 bits per heavy atom. The number of hydrogen-bond acceptors (Lipinski definition) is 6. The normalized spacial score (nSPS) is 17.8. The molecule has 1 aromatic heterocycles. The zero-order valence-electron chi connectivity index (χ0n) is 22.8. The van der Waals surface area contributed by atoms with Crippen LogP contribution in [0.15, 0.2) is 59.0 Å². The number of nitrogens with one attached hydrogen (secondary N) is 2. The van der Waals surface area contributed by atoms with Crippen LogP contribution in [0.3, 0.4) is 0 Å². The van der Waals surface area contributed by atoms with E-state index < -0.39 is 12.1 Å². The van der Waals surface area contributed by atoms with Gasteiger partial charge in [-0.3, -0.25) is 9.59 Å². The molecule has 3 aromatic rings. The molecule has 5 rings (SSSR count). The van der Waals surface area contributed by atoms with Gasteiger partial charge in [0, 0.05) is 13.1 Å². The second-order valence-corrected chi connectivity index (χ2v) is 10.8. The molecule has 1 aliphatic carbocycles. The topological polar surface area (TPSA) is 114 Å². The van der Waals surface area contributed by atoms with E-state index in [2.05, 4.69) is 15.6 Å². The molecule has 0 unspecified atom stereocenters. The van der Waals surface area contributed by atoms with Crippen molar-refractivity contribution in [3.63, 3.8) is 0 Å². The molecule has 9 heteroatoms. The lowest BCUT2D eigenvalue weighted by Crippen LogP contribution is -2.56. The highest BCUT2D eigenvalue weighted by Crippen LogP contribution is 2.28. The van der Waals surface area contributed by atoms with Crippen LogP contribution >= 0.6 is 0 Å². The lowest BCUT2D eigenvalue weighted by molar-refractivity contribution is -0.124. The van der Waals surface area contributed by atoms with E-state index in [0.29, 0.717) is 62.6 Å². The number of para-hydroxylation sites is 2. The SMILES string of the molecule is O=C(N[C@@H](CCc1ccccc1)C(=O)c1nc2ccccc2o1)[C@H](CC1CCCCC1)NC(=O)N1CCOCC1. The lowest BCUT2D eigenvalue weighted by Gasteiger charge is -2.31. The van der Waals surface area contributed by atoms with E-state index in [1.54, 1.807) is 17.0 Å². The molecule has 2 atom stereocenters. The molecule has 2 heterocycles. The van der Waals surface area contributed by atoms with Gasteiger partial charge >= 0.3 is 6.03 Å². The van der Waals surface area contributed by atoms with E-state index >= 15 is 0 Å². The van der Waals surface area contributed by atoms with Gasteiger partial charge in [0.2, 0.25) is 11.7 Å². The summed E-state index contributed by atoms with van der Waals surface area (Å²) >= 11 is 0. The summed E-state index contributed by atoms with van der Waals surface area (Å²) in [6.45, 7) is 1.93. The number of Topliss-reactive ketones (excluding diaryl/α,β-unsaturated/α-hetero) is 1. The van der Waals surface area contributed by atoms with E-state index in [-0.39, 0.29) is 23.6 Å². The molecule has 0 bridgehead atoms. The summed E-state index contributed by atoms with van der Waals surface area (Å²) in [6.07, 6.45) is 7.05. The molecule has 9 nitrogen and oxygen atoms in total. The maximum atomic E-state index is 13.8. The average molecular weight is 547 g/mol. The Balaban J connectivity index is 1.34. The first-order chi connectivity index (χ1) is 19.6. The number of oxazole rings is 1. The summed E-state index contributed by atoms with van der Waals surface area (Å²) in [7, 11) is 0. The van der Waals surface area contributed by atoms with Crippen molar-refractivity contribution >= 4 is 28.8 Å². The highest BCUT2D eigenvalue weighted by Gasteiger charge is 2.32. The van der Waals surface area contributed by atoms with Crippen LogP contribution in [-0.2, 0) is 16.0 Å². The van der Waals surface area contributed by atoms with Gasteiger partial charge in [-0.2, -0.15) is 0 Å². The molecule has 212 valence electrons. The first kappa shape index (κ1) is 27.8. The standard InChI is InChI=1S/C31H38N4O5/c36-28(30-33-24-13-7-8-14-27(24)40-30)25(16-15-22-9-3-1-4-10-22)32-29(37)26(21-23-11-5-2-6-12-23)34-31(38)35-17-19-39-20-18-35/h1,3-4,7-10,13-14,23,25-26H,2,5-6,11-12,15-21H2,(H,32,37)(H,34,38)/t25-,26-/m0/s1. The molecular formula is C31H38N4O5. The summed E-state index contributed by atoms with van der Waals surface area (Å²) in [4.78, 5) is 46.6. The number of aryl methyl sites for hydroxylation is 1. The highest BCUT2D eigenvalue weighted by molar-refractivity contribution is 6.00. The largest absolute Gasteiger partial charge is 0.434 e. The van der Waals surface area contributed by atoms with Crippen LogP contribution in [0.25, 0.3) is 11.1 Å². The number of carbonyl (C=O) groups is 3. The first-order valence-electron chi connectivity index (χ1n) is 14.4. The second kappa shape index (κ2) is 13.6. The van der Waals surface area contributed by atoms with Crippen LogP contribution in [0.2, 0.25) is 0 Å². The molecule has 2 aliphatic rings. The average Bonchev–Trinajstić information content (AvgIpc) is 3.44. The Hall–Kier alpha value is -3.72. The minimum absolute atomic E-state index is 0.0271. The van der Waals surface area contributed by atoms with Crippen LogP contribution in [0.5, 0.6) is 0 Å². The summed E-state index contributed by atoms with van der Waals surface area (Å²) < 4.78 is 11.1. The first-order valence-corrected chi connectivity index (χ1v) is 14.4. The van der Waals surface area contributed by atoms with E-state index in [4.69, 9.17) is 9.15 Å². The van der Waals surface area contributed by atoms with Gasteiger partial charge in [0.1, 0.15) is 11.6 Å². The van der Waals surface area contributed by atoms with E-state index in [1.807, 2.05) is 42.5 Å². The number of ketones is 1. The summed E-state index contributed by atoms with van der Waals surface area (Å²) in [5.41, 5.74) is 2.17. The van der Waals surface area contributed by atoms with Gasteiger partial charge in [-0.05, 0) is 42.9 Å². The fraction of sp³-hybridized carbons (Fsp3) is 0.484. The molecule has 1 saturated heterocycles. The second-order valence-electron chi connectivity index (χ2n) is 10.8. The van der Waals surface area contributed by atoms with Gasteiger partial charge in [0.25, 0.3) is 5.89 Å². The number of nitrogens with zero attached hydrogens (tertiary/aromatic N) is 2. The van der Waals surface area contributed by atoms with Crippen LogP contribution in [-0.4, -0.2) is 66.0 Å². The molecule has 2 fully saturated rings. The molecule has 0 spiro atoms. The number of morpholine rings is 1. The number of urea groups is 1. The van der Waals surface area contributed by atoms with Gasteiger partial charge in [0.05, 0.1) is 19.3 Å². The van der Waals surface area contributed by atoms with Gasteiger partial charge < -0.3 is 24.7 Å². The number of benzene rings is 2. The number of fused-ring (bicyclic) bond motifs is 1. The Labute approximate surface area is 234 Å². The number of amides is 3. The van der Waals surface area contributed by atoms with E-state index in [9.17, 15) is 14.4 Å². The predicted molar refractivity (Wildman–Crippen MR) is 151 cm³/mol. The third kappa shape index (κ3) is 7.27. The van der Waals surface area contributed by atoms with Crippen molar-refractivity contribution in [2.45, 2.75) is 63.5 Å². The van der Waals surface area contributed by atoms with E-state index in [1.165, 1.54) is 6.42 Å². The number of hydrogen-bond donors (Lipinski definition) is 2. The lowest BCUT2D eigenvalue weighted by atomic mass is 9.84. The Bertz CT molecular complexity index is 1250. The quantitative estimate of drug-likeness (QED) is 0.362. The number of carbonyl (C=O) groups excluding carboxylic acids is 3. The van der Waals surface area contributed by atoms with Crippen LogP contribution in [0, 0.1) is 5.92 Å². The molecule has 3 amide bonds. The smallest absolute Gasteiger partial charge is 0.318 e. The van der Waals surface area contributed by atoms with Crippen molar-refractivity contribution in [2.75, 3.05) is 26.3 Å². The Kier molecular flexibility index (Phi) is 9.44. The minimum atomic E-state index is -0.852. The Morgan fingerprint density at radius 2 is 1.62 bits per heavy atom. The Morgan fingerprint density at radius 1 is 0.900 bits per heavy atom. The van der Waals surface area contributed by atoms with E-state index in [0.717, 1.165) is 31.2 Å². The van der Waals surface area contributed by atoms with Gasteiger partial charge in [-0.1, -0.05) is 74.6 Å². The van der Waals surface area contributed by atoms with Crippen LogP contribution in [0.4, 0.5) is 4.79 Å². The van der Waals surface area contributed by atoms with Crippen molar-refractivity contribution in [3.8, 4) is 0 Å². The van der Waals surface area contributed by atoms with Gasteiger partial charge in [-0.15, -0.1) is 0 Å². The molecular weight excluding hydrogens is 508 g/mol. The summed E-state index contributed by atoms with van der Waals surface area (Å²) in [5, 5.41) is 5.96. The molecule has 1 saturated carbocycles. The molecule has 2 N–H and O–H groups in total. The van der Waals surface area contributed by atoms with Crippen LogP contribution in [0.1, 0.15) is 61.2 Å². The zero-order valence-corrected chi connectivity index (χ0v) is 22.8. The number of aromatic nitrogens is 1. The molecule has 2 aromatic carbocycles. The maximum Gasteiger partial charge on any atom is 0.318 e. The number of rotatable bonds is 10. The van der Waals surface area contributed by atoms with Crippen molar-refractivity contribution in [2.24, 2.45) is 5.92 Å².